The maximum atomic E-state index is 10.2. The molecular formula is C12H18N4O. The van der Waals surface area contributed by atoms with E-state index in [4.69, 9.17) is 11.6 Å². The Hall–Kier alpha value is -2.01. The first kappa shape index (κ1) is 13.1. The quantitative estimate of drug-likeness (QED) is 0.396. The standard InChI is InChI=1S/C12H18N4O/c1-2-3-10(13)8-16(14)12-6-4-11(5-7-12)15-9-17/h4-9H,2-3,13-14H2,1H3,(H,15,17)/b10-8-. The number of nitrogens with two attached hydrogens (primary N) is 2. The Morgan fingerprint density at radius 3 is 2.59 bits per heavy atom. The SMILES string of the molecule is CCC/C(N)=C/N(N)c1ccc(NC=O)cc1. The van der Waals surface area contributed by atoms with Gasteiger partial charge in [0.15, 0.2) is 0 Å². The highest BCUT2D eigenvalue weighted by molar-refractivity contribution is 5.72. The Kier molecular flexibility index (Phi) is 5.03. The summed E-state index contributed by atoms with van der Waals surface area (Å²) in [6, 6.07) is 7.16. The summed E-state index contributed by atoms with van der Waals surface area (Å²) in [5, 5.41) is 4.02. The normalized spacial score (nSPS) is 11.1. The van der Waals surface area contributed by atoms with Gasteiger partial charge in [-0.1, -0.05) is 13.3 Å². The Bertz CT molecular complexity index is 386. The number of benzene rings is 1. The fourth-order valence-corrected chi connectivity index (χ4v) is 1.40. The Morgan fingerprint density at radius 1 is 1.41 bits per heavy atom. The van der Waals surface area contributed by atoms with Gasteiger partial charge in [0.05, 0.1) is 5.69 Å². The molecule has 0 aliphatic heterocycles. The van der Waals surface area contributed by atoms with Crippen LogP contribution in [0.3, 0.4) is 0 Å². The molecular weight excluding hydrogens is 216 g/mol. The van der Waals surface area contributed by atoms with Crippen molar-refractivity contribution in [1.82, 2.24) is 0 Å². The van der Waals surface area contributed by atoms with Crippen molar-refractivity contribution in [2.24, 2.45) is 11.6 Å². The number of nitrogens with zero attached hydrogens (tertiary/aromatic N) is 1. The van der Waals surface area contributed by atoms with Gasteiger partial charge in [0.25, 0.3) is 0 Å². The average molecular weight is 234 g/mol. The number of allylic oxidation sites excluding steroid dienone is 1. The molecule has 0 saturated heterocycles. The molecule has 0 bridgehead atoms. The molecule has 0 atom stereocenters. The van der Waals surface area contributed by atoms with Crippen LogP contribution in [0.4, 0.5) is 11.4 Å². The maximum absolute atomic E-state index is 10.2. The lowest BCUT2D eigenvalue weighted by Gasteiger charge is -2.15. The molecule has 5 nitrogen and oxygen atoms in total. The molecule has 1 aromatic rings. The van der Waals surface area contributed by atoms with Crippen molar-refractivity contribution in [3.63, 3.8) is 0 Å². The topological polar surface area (TPSA) is 84.4 Å². The lowest BCUT2D eigenvalue weighted by Crippen LogP contribution is -2.25. The monoisotopic (exact) mass is 234 g/mol. The van der Waals surface area contributed by atoms with Gasteiger partial charge < -0.3 is 11.1 Å². The molecule has 0 radical (unpaired) electrons. The summed E-state index contributed by atoms with van der Waals surface area (Å²) in [7, 11) is 0. The molecule has 1 amide bonds. The molecule has 0 aliphatic rings. The van der Waals surface area contributed by atoms with Gasteiger partial charge in [-0.25, -0.2) is 5.84 Å². The first-order chi connectivity index (χ1) is 8.17. The van der Waals surface area contributed by atoms with Crippen LogP contribution >= 0.6 is 0 Å². The minimum atomic E-state index is 0.633. The number of amides is 1. The summed E-state index contributed by atoms with van der Waals surface area (Å²) >= 11 is 0. The largest absolute Gasteiger partial charge is 0.401 e. The highest BCUT2D eigenvalue weighted by atomic mass is 16.1. The number of rotatable bonds is 6. The van der Waals surface area contributed by atoms with Crippen molar-refractivity contribution in [2.75, 3.05) is 10.3 Å². The first-order valence-electron chi connectivity index (χ1n) is 5.47. The Morgan fingerprint density at radius 2 is 2.06 bits per heavy atom. The van der Waals surface area contributed by atoms with Crippen LogP contribution in [0.2, 0.25) is 0 Å². The molecule has 0 unspecified atom stereocenters. The van der Waals surface area contributed by atoms with Crippen molar-refractivity contribution in [1.29, 1.82) is 0 Å². The van der Waals surface area contributed by atoms with E-state index in [1.807, 2.05) is 12.1 Å². The zero-order chi connectivity index (χ0) is 12.7. The molecule has 0 fully saturated rings. The second-order valence-corrected chi connectivity index (χ2v) is 3.67. The van der Waals surface area contributed by atoms with Crippen molar-refractivity contribution in [2.45, 2.75) is 19.8 Å². The second-order valence-electron chi connectivity index (χ2n) is 3.67. The third-order valence-corrected chi connectivity index (χ3v) is 2.23. The zero-order valence-corrected chi connectivity index (χ0v) is 9.89. The summed E-state index contributed by atoms with van der Waals surface area (Å²) in [5.41, 5.74) is 8.05. The van der Waals surface area contributed by atoms with Gasteiger partial charge in [-0.05, 0) is 30.7 Å². The summed E-state index contributed by atoms with van der Waals surface area (Å²) in [5.74, 6) is 5.84. The smallest absolute Gasteiger partial charge is 0.211 e. The van der Waals surface area contributed by atoms with Crippen LogP contribution in [0.25, 0.3) is 0 Å². The Balaban J connectivity index is 2.72. The molecule has 1 aromatic carbocycles. The van der Waals surface area contributed by atoms with Crippen molar-refractivity contribution in [3.8, 4) is 0 Å². The van der Waals surface area contributed by atoms with Gasteiger partial charge in [-0.2, -0.15) is 0 Å². The fraction of sp³-hybridized carbons (Fsp3) is 0.250. The van der Waals surface area contributed by atoms with E-state index in [0.29, 0.717) is 6.41 Å². The number of carbonyl (C=O) groups is 1. The summed E-state index contributed by atoms with van der Waals surface area (Å²) < 4.78 is 0. The first-order valence-corrected chi connectivity index (χ1v) is 5.47. The lowest BCUT2D eigenvalue weighted by atomic mass is 10.2. The number of hydrogen-bond acceptors (Lipinski definition) is 4. The number of nitrogens with one attached hydrogen (secondary N) is 1. The van der Waals surface area contributed by atoms with Crippen molar-refractivity contribution < 1.29 is 4.79 Å². The van der Waals surface area contributed by atoms with Crippen LogP contribution in [0.5, 0.6) is 0 Å². The van der Waals surface area contributed by atoms with E-state index in [1.165, 1.54) is 5.01 Å². The third-order valence-electron chi connectivity index (χ3n) is 2.23. The molecule has 92 valence electrons. The number of hydrogen-bond donors (Lipinski definition) is 3. The number of hydrazine groups is 1. The predicted molar refractivity (Wildman–Crippen MR) is 70.0 cm³/mol. The molecule has 0 heterocycles. The van der Waals surface area contributed by atoms with Gasteiger partial charge in [0.1, 0.15) is 0 Å². The van der Waals surface area contributed by atoms with Gasteiger partial charge in [0, 0.05) is 17.6 Å². The van der Waals surface area contributed by atoms with Crippen LogP contribution in [0.15, 0.2) is 36.2 Å². The number of carbonyl (C=O) groups excluding carboxylic acids is 1. The van der Waals surface area contributed by atoms with E-state index < -0.39 is 0 Å². The van der Waals surface area contributed by atoms with Crippen LogP contribution < -0.4 is 21.9 Å². The third kappa shape index (κ3) is 4.16. The minimum absolute atomic E-state index is 0.633. The summed E-state index contributed by atoms with van der Waals surface area (Å²) in [6.07, 6.45) is 4.14. The van der Waals surface area contributed by atoms with E-state index in [-0.39, 0.29) is 0 Å². The van der Waals surface area contributed by atoms with E-state index in [9.17, 15) is 4.79 Å². The maximum Gasteiger partial charge on any atom is 0.211 e. The molecule has 0 spiro atoms. The molecule has 1 rings (SSSR count). The lowest BCUT2D eigenvalue weighted by molar-refractivity contribution is -0.105. The van der Waals surface area contributed by atoms with Gasteiger partial charge in [0.2, 0.25) is 6.41 Å². The van der Waals surface area contributed by atoms with E-state index in [2.05, 4.69) is 12.2 Å². The Labute approximate surface area is 101 Å². The summed E-state index contributed by atoms with van der Waals surface area (Å²) in [4.78, 5) is 10.2. The fourth-order valence-electron chi connectivity index (χ4n) is 1.40. The van der Waals surface area contributed by atoms with Crippen molar-refractivity contribution >= 4 is 17.8 Å². The average Bonchev–Trinajstić information content (AvgIpc) is 2.30. The highest BCUT2D eigenvalue weighted by Gasteiger charge is 1.99. The highest BCUT2D eigenvalue weighted by Crippen LogP contribution is 2.16. The number of anilines is 2. The molecule has 0 aromatic heterocycles. The van der Waals surface area contributed by atoms with Crippen molar-refractivity contribution in [3.05, 3.63) is 36.2 Å². The van der Waals surface area contributed by atoms with Gasteiger partial charge >= 0.3 is 0 Å². The van der Waals surface area contributed by atoms with Crippen LogP contribution in [0.1, 0.15) is 19.8 Å². The molecule has 17 heavy (non-hydrogen) atoms. The minimum Gasteiger partial charge on any atom is -0.401 e. The van der Waals surface area contributed by atoms with E-state index in [1.54, 1.807) is 18.3 Å². The van der Waals surface area contributed by atoms with Crippen LogP contribution in [-0.4, -0.2) is 6.41 Å². The predicted octanol–water partition coefficient (Wildman–Crippen LogP) is 1.54. The van der Waals surface area contributed by atoms with Crippen LogP contribution in [-0.2, 0) is 4.79 Å². The second kappa shape index (κ2) is 6.55. The molecule has 0 saturated carbocycles. The molecule has 0 aliphatic carbocycles. The van der Waals surface area contributed by atoms with Gasteiger partial charge in [-0.3, -0.25) is 9.80 Å². The molecule has 5 heteroatoms. The van der Waals surface area contributed by atoms with Crippen LogP contribution in [0, 0.1) is 0 Å². The molecule has 5 N–H and O–H groups in total. The zero-order valence-electron chi connectivity index (χ0n) is 9.89. The van der Waals surface area contributed by atoms with Gasteiger partial charge in [-0.15, -0.1) is 0 Å². The van der Waals surface area contributed by atoms with E-state index >= 15 is 0 Å². The summed E-state index contributed by atoms with van der Waals surface area (Å²) in [6.45, 7) is 2.06. The van der Waals surface area contributed by atoms with E-state index in [0.717, 1.165) is 29.9 Å².